The molecule has 0 aliphatic rings. The second-order valence-corrected chi connectivity index (χ2v) is 9.95. The molecule has 0 atom stereocenters. The van der Waals surface area contributed by atoms with E-state index in [1.165, 1.54) is 11.3 Å². The fourth-order valence-electron chi connectivity index (χ4n) is 3.74. The monoisotopic (exact) mass is 495 g/mol. The summed E-state index contributed by atoms with van der Waals surface area (Å²) in [5, 5.41) is 12.3. The maximum Gasteiger partial charge on any atom is 0.250 e. The van der Waals surface area contributed by atoms with Crippen LogP contribution in [0, 0.1) is 6.92 Å². The smallest absolute Gasteiger partial charge is 0.250 e. The molecular formula is C25H25N3O4S2. The van der Waals surface area contributed by atoms with Crippen LogP contribution < -0.4 is 14.8 Å². The van der Waals surface area contributed by atoms with Crippen LogP contribution in [0.15, 0.2) is 51.4 Å². The Labute approximate surface area is 206 Å². The van der Waals surface area contributed by atoms with Crippen molar-refractivity contribution in [2.24, 2.45) is 0 Å². The molecule has 2 aromatic heterocycles. The van der Waals surface area contributed by atoms with Gasteiger partial charge in [-0.3, -0.25) is 10.1 Å². The van der Waals surface area contributed by atoms with Crippen LogP contribution >= 0.6 is 23.1 Å². The molecule has 2 aromatic carbocycles. The predicted molar refractivity (Wildman–Crippen MR) is 138 cm³/mol. The Kier molecular flexibility index (Phi) is 7.23. The Morgan fingerprint density at radius 3 is 2.79 bits per heavy atom. The third-order valence-corrected chi connectivity index (χ3v) is 7.16. The van der Waals surface area contributed by atoms with E-state index in [2.05, 4.69) is 15.5 Å². The Balaban J connectivity index is 1.72. The maximum absolute atomic E-state index is 12.7. The van der Waals surface area contributed by atoms with Crippen molar-refractivity contribution >= 4 is 50.7 Å². The number of anilines is 1. The number of amides is 1. The summed E-state index contributed by atoms with van der Waals surface area (Å²) >= 11 is 2.95. The van der Waals surface area contributed by atoms with Gasteiger partial charge >= 0.3 is 0 Å². The van der Waals surface area contributed by atoms with Gasteiger partial charge in [-0.05, 0) is 48.9 Å². The summed E-state index contributed by atoms with van der Waals surface area (Å²) in [6.45, 7) is 5.87. The molecule has 2 heterocycles. The van der Waals surface area contributed by atoms with Gasteiger partial charge in [-0.25, -0.2) is 0 Å². The lowest BCUT2D eigenvalue weighted by atomic mass is 9.96. The molecule has 0 unspecified atom stereocenters. The molecule has 34 heavy (non-hydrogen) atoms. The van der Waals surface area contributed by atoms with E-state index in [0.717, 1.165) is 54.6 Å². The minimum absolute atomic E-state index is 0.276. The van der Waals surface area contributed by atoms with Crippen LogP contribution in [0.4, 0.5) is 5.13 Å². The number of aryl methyl sites for hydroxylation is 1. The lowest BCUT2D eigenvalue weighted by Gasteiger charge is -2.13. The van der Waals surface area contributed by atoms with Gasteiger partial charge in [0.25, 0.3) is 0 Å². The molecule has 4 rings (SSSR count). The van der Waals surface area contributed by atoms with Gasteiger partial charge < -0.3 is 13.9 Å². The average molecular weight is 496 g/mol. The van der Waals surface area contributed by atoms with Crippen molar-refractivity contribution in [3.8, 4) is 22.6 Å². The van der Waals surface area contributed by atoms with Crippen molar-refractivity contribution in [3.05, 3.63) is 53.8 Å². The number of rotatable bonds is 8. The number of carbonyl (C=O) groups excluding carboxylic acids is 1. The summed E-state index contributed by atoms with van der Waals surface area (Å²) in [6.07, 6.45) is 3.28. The van der Waals surface area contributed by atoms with Crippen molar-refractivity contribution in [1.29, 1.82) is 0 Å². The number of allylic oxidation sites excluding steroid dienone is 1. The topological polar surface area (TPSA) is 86.5 Å². The number of aromatic nitrogens is 2. The Bertz CT molecular complexity index is 1370. The summed E-state index contributed by atoms with van der Waals surface area (Å²) in [7, 11) is 3.26. The molecule has 0 bridgehead atoms. The summed E-state index contributed by atoms with van der Waals surface area (Å²) in [5.74, 6) is 2.05. The summed E-state index contributed by atoms with van der Waals surface area (Å²) < 4.78 is 17.8. The summed E-state index contributed by atoms with van der Waals surface area (Å²) in [5.41, 5.74) is 5.09. The van der Waals surface area contributed by atoms with Crippen molar-refractivity contribution in [1.82, 2.24) is 10.2 Å². The number of fused-ring (bicyclic) bond motifs is 1. The van der Waals surface area contributed by atoms with E-state index < -0.39 is 0 Å². The average Bonchev–Trinajstić information content (AvgIpc) is 3.46. The first kappa shape index (κ1) is 23.8. The van der Waals surface area contributed by atoms with Crippen molar-refractivity contribution in [3.63, 3.8) is 0 Å². The number of furan rings is 1. The number of hydrogen-bond donors (Lipinski definition) is 1. The molecule has 176 valence electrons. The van der Waals surface area contributed by atoms with E-state index in [4.69, 9.17) is 13.9 Å². The normalized spacial score (nSPS) is 11.6. The van der Waals surface area contributed by atoms with Gasteiger partial charge in [0, 0.05) is 28.2 Å². The fraction of sp³-hybridized carbons (Fsp3) is 0.240. The molecule has 0 saturated carbocycles. The summed E-state index contributed by atoms with van der Waals surface area (Å²) in [6, 6.07) is 9.82. The minimum Gasteiger partial charge on any atom is -0.497 e. The first-order chi connectivity index (χ1) is 16.4. The predicted octanol–water partition coefficient (Wildman–Crippen LogP) is 6.43. The zero-order valence-corrected chi connectivity index (χ0v) is 21.2. The Morgan fingerprint density at radius 1 is 1.24 bits per heavy atom. The van der Waals surface area contributed by atoms with E-state index >= 15 is 0 Å². The van der Waals surface area contributed by atoms with E-state index in [9.17, 15) is 4.79 Å². The van der Waals surface area contributed by atoms with Crippen LogP contribution in [0.2, 0.25) is 0 Å². The molecule has 0 spiro atoms. The SMILES string of the molecule is CCSc1nnc(NC(=O)/C=C(\C)c2cc3c(-c4cccc(OC)c4)coc3c(C)c2OC)s1. The second-order valence-electron chi connectivity index (χ2n) is 7.46. The number of nitrogens with one attached hydrogen (secondary N) is 1. The molecule has 0 fully saturated rings. The standard InChI is InChI=1S/C25H25N3O4S2/c1-6-33-25-28-27-24(34-25)26-21(29)10-14(2)18-12-19-20(16-8-7-9-17(11-16)30-4)13-32-23(19)15(3)22(18)31-5/h7-13H,6H2,1-5H3,(H,26,27,29)/b14-10+. The van der Waals surface area contributed by atoms with Crippen LogP contribution in [0.3, 0.4) is 0 Å². The molecule has 0 aliphatic heterocycles. The lowest BCUT2D eigenvalue weighted by molar-refractivity contribution is -0.111. The zero-order chi connectivity index (χ0) is 24.2. The van der Waals surface area contributed by atoms with Crippen molar-refractivity contribution in [2.45, 2.75) is 25.1 Å². The number of hydrogen-bond acceptors (Lipinski definition) is 8. The van der Waals surface area contributed by atoms with Crippen LogP contribution in [0.1, 0.15) is 25.0 Å². The van der Waals surface area contributed by atoms with Gasteiger partial charge in [-0.1, -0.05) is 42.2 Å². The third kappa shape index (κ3) is 4.80. The van der Waals surface area contributed by atoms with E-state index in [-0.39, 0.29) is 5.91 Å². The second kappa shape index (κ2) is 10.3. The van der Waals surface area contributed by atoms with Gasteiger partial charge in [0.05, 0.1) is 20.5 Å². The van der Waals surface area contributed by atoms with Gasteiger partial charge in [0.2, 0.25) is 11.0 Å². The number of methoxy groups -OCH3 is 2. The van der Waals surface area contributed by atoms with Gasteiger partial charge in [-0.15, -0.1) is 10.2 Å². The molecule has 0 saturated heterocycles. The molecule has 7 nitrogen and oxygen atoms in total. The first-order valence-electron chi connectivity index (χ1n) is 10.6. The molecule has 4 aromatic rings. The molecule has 1 amide bonds. The zero-order valence-electron chi connectivity index (χ0n) is 19.6. The lowest BCUT2D eigenvalue weighted by Crippen LogP contribution is -2.08. The highest BCUT2D eigenvalue weighted by molar-refractivity contribution is 8.01. The van der Waals surface area contributed by atoms with Crippen LogP contribution in [-0.4, -0.2) is 36.1 Å². The highest BCUT2D eigenvalue weighted by atomic mass is 32.2. The van der Waals surface area contributed by atoms with Crippen LogP contribution in [0.25, 0.3) is 27.7 Å². The Hall–Kier alpha value is -3.30. The summed E-state index contributed by atoms with van der Waals surface area (Å²) in [4.78, 5) is 12.7. The number of ether oxygens (including phenoxy) is 2. The highest BCUT2D eigenvalue weighted by Crippen LogP contribution is 2.41. The van der Waals surface area contributed by atoms with Crippen molar-refractivity contribution in [2.75, 3.05) is 25.3 Å². The highest BCUT2D eigenvalue weighted by Gasteiger charge is 2.19. The van der Waals surface area contributed by atoms with Crippen molar-refractivity contribution < 1.29 is 18.7 Å². The minimum atomic E-state index is -0.276. The molecule has 0 radical (unpaired) electrons. The van der Waals surface area contributed by atoms with E-state index in [1.54, 1.807) is 38.3 Å². The van der Waals surface area contributed by atoms with Crippen LogP contribution in [-0.2, 0) is 4.79 Å². The largest absolute Gasteiger partial charge is 0.497 e. The molecule has 1 N–H and O–H groups in total. The fourth-order valence-corrected chi connectivity index (χ4v) is 5.40. The number of carbonyl (C=O) groups is 1. The van der Waals surface area contributed by atoms with E-state index in [1.807, 2.05) is 51.1 Å². The number of nitrogens with zero attached hydrogens (tertiary/aromatic N) is 2. The van der Waals surface area contributed by atoms with Gasteiger partial charge in [0.15, 0.2) is 4.34 Å². The molecule has 9 heteroatoms. The Morgan fingerprint density at radius 2 is 2.06 bits per heavy atom. The maximum atomic E-state index is 12.7. The first-order valence-corrected chi connectivity index (χ1v) is 12.4. The third-order valence-electron chi connectivity index (χ3n) is 5.31. The van der Waals surface area contributed by atoms with E-state index in [0.29, 0.717) is 10.9 Å². The number of benzene rings is 2. The quantitative estimate of drug-likeness (QED) is 0.171. The van der Waals surface area contributed by atoms with Crippen LogP contribution in [0.5, 0.6) is 11.5 Å². The van der Waals surface area contributed by atoms with Gasteiger partial charge in [0.1, 0.15) is 17.1 Å². The molecule has 0 aliphatic carbocycles. The van der Waals surface area contributed by atoms with Gasteiger partial charge in [-0.2, -0.15) is 0 Å². The molecular weight excluding hydrogens is 470 g/mol. The number of thioether (sulfide) groups is 1.